The second-order valence-electron chi connectivity index (χ2n) is 4.86. The maximum Gasteiger partial charge on any atom is 0.316 e. The van der Waals surface area contributed by atoms with Crippen molar-refractivity contribution < 1.29 is 9.53 Å². The molecular weight excluding hydrogens is 266 g/mol. The van der Waals surface area contributed by atoms with Crippen LogP contribution in [0.25, 0.3) is 0 Å². The van der Waals surface area contributed by atoms with Crippen molar-refractivity contribution >= 4 is 5.91 Å². The van der Waals surface area contributed by atoms with Crippen LogP contribution in [0.1, 0.15) is 29.3 Å². The summed E-state index contributed by atoms with van der Waals surface area (Å²) in [4.78, 5) is 19.9. The average molecular weight is 285 g/mol. The summed E-state index contributed by atoms with van der Waals surface area (Å²) < 4.78 is 4.86. The van der Waals surface area contributed by atoms with Gasteiger partial charge in [0.15, 0.2) is 0 Å². The van der Waals surface area contributed by atoms with E-state index in [1.807, 2.05) is 25.1 Å². The number of ether oxygens (including phenoxy) is 1. The molecule has 0 aliphatic heterocycles. The van der Waals surface area contributed by atoms with Crippen molar-refractivity contribution in [1.29, 1.82) is 0 Å². The molecule has 1 aromatic carbocycles. The molecule has 0 aliphatic carbocycles. The summed E-state index contributed by atoms with van der Waals surface area (Å²) in [6.07, 6.45) is 4.74. The standard InChI is InChI=1S/C16H19N3O2/c1-12(8-9-13-6-4-3-5-7-13)19-15(20)14-10-17-16(21-2)18-11-14/h3-7,10-12H,8-9H2,1-2H3,(H,19,20)/t12-/m0/s1. The molecule has 0 saturated carbocycles. The zero-order valence-corrected chi connectivity index (χ0v) is 12.2. The molecule has 0 unspecified atom stereocenters. The van der Waals surface area contributed by atoms with Crippen molar-refractivity contribution in [1.82, 2.24) is 15.3 Å². The SMILES string of the molecule is COc1ncc(C(=O)N[C@@H](C)CCc2ccccc2)cn1. The molecule has 1 heterocycles. The normalized spacial score (nSPS) is 11.7. The predicted molar refractivity (Wildman–Crippen MR) is 80.3 cm³/mol. The summed E-state index contributed by atoms with van der Waals surface area (Å²) in [7, 11) is 1.49. The lowest BCUT2D eigenvalue weighted by molar-refractivity contribution is 0.0937. The second-order valence-corrected chi connectivity index (χ2v) is 4.86. The first kappa shape index (κ1) is 15.0. The highest BCUT2D eigenvalue weighted by Gasteiger charge is 2.11. The minimum Gasteiger partial charge on any atom is -0.467 e. The fourth-order valence-corrected chi connectivity index (χ4v) is 1.95. The van der Waals surface area contributed by atoms with Crippen molar-refractivity contribution in [3.05, 3.63) is 53.9 Å². The Hall–Kier alpha value is -2.43. The van der Waals surface area contributed by atoms with Crippen LogP contribution >= 0.6 is 0 Å². The van der Waals surface area contributed by atoms with Gasteiger partial charge in [-0.1, -0.05) is 30.3 Å². The number of methoxy groups -OCH3 is 1. The third-order valence-electron chi connectivity index (χ3n) is 3.16. The Labute approximate surface area is 124 Å². The van der Waals surface area contributed by atoms with Crippen LogP contribution in [0, 0.1) is 0 Å². The first-order valence-corrected chi connectivity index (χ1v) is 6.90. The zero-order valence-electron chi connectivity index (χ0n) is 12.2. The van der Waals surface area contributed by atoms with Gasteiger partial charge in [0.25, 0.3) is 5.91 Å². The molecule has 5 nitrogen and oxygen atoms in total. The minimum absolute atomic E-state index is 0.0832. The number of carbonyl (C=O) groups is 1. The Balaban J connectivity index is 1.83. The molecule has 0 fully saturated rings. The predicted octanol–water partition coefficient (Wildman–Crippen LogP) is 2.24. The van der Waals surface area contributed by atoms with E-state index in [1.165, 1.54) is 25.1 Å². The molecule has 0 radical (unpaired) electrons. The van der Waals surface area contributed by atoms with Crippen LogP contribution in [0.15, 0.2) is 42.7 Å². The third kappa shape index (κ3) is 4.56. The summed E-state index contributed by atoms with van der Waals surface area (Å²) in [6, 6.07) is 10.6. The van der Waals surface area contributed by atoms with E-state index in [1.54, 1.807) is 0 Å². The quantitative estimate of drug-likeness (QED) is 0.884. The second kappa shape index (κ2) is 7.38. The van der Waals surface area contributed by atoms with E-state index < -0.39 is 0 Å². The van der Waals surface area contributed by atoms with Gasteiger partial charge >= 0.3 is 6.01 Å². The average Bonchev–Trinajstić information content (AvgIpc) is 2.54. The Morgan fingerprint density at radius 3 is 2.52 bits per heavy atom. The topological polar surface area (TPSA) is 64.1 Å². The van der Waals surface area contributed by atoms with Gasteiger partial charge in [-0.15, -0.1) is 0 Å². The summed E-state index contributed by atoms with van der Waals surface area (Å²) >= 11 is 0. The number of benzene rings is 1. The van der Waals surface area contributed by atoms with Crippen LogP contribution in [0.4, 0.5) is 0 Å². The molecule has 1 N–H and O–H groups in total. The molecule has 0 bridgehead atoms. The molecule has 0 spiro atoms. The van der Waals surface area contributed by atoms with E-state index in [9.17, 15) is 4.79 Å². The number of carbonyl (C=O) groups excluding carboxylic acids is 1. The van der Waals surface area contributed by atoms with Crippen molar-refractivity contribution in [2.45, 2.75) is 25.8 Å². The molecule has 0 aliphatic rings. The van der Waals surface area contributed by atoms with Crippen LogP contribution < -0.4 is 10.1 Å². The summed E-state index contributed by atoms with van der Waals surface area (Å²) in [5.74, 6) is -0.168. The monoisotopic (exact) mass is 285 g/mol. The highest BCUT2D eigenvalue weighted by atomic mass is 16.5. The summed E-state index contributed by atoms with van der Waals surface area (Å²) in [5.41, 5.74) is 1.70. The number of aromatic nitrogens is 2. The van der Waals surface area contributed by atoms with Crippen molar-refractivity contribution in [2.24, 2.45) is 0 Å². The number of hydrogen-bond donors (Lipinski definition) is 1. The van der Waals surface area contributed by atoms with Crippen LogP contribution in [-0.2, 0) is 6.42 Å². The van der Waals surface area contributed by atoms with Gasteiger partial charge in [-0.2, -0.15) is 0 Å². The fourth-order valence-electron chi connectivity index (χ4n) is 1.95. The van der Waals surface area contributed by atoms with Gasteiger partial charge in [-0.25, -0.2) is 9.97 Å². The smallest absolute Gasteiger partial charge is 0.316 e. The van der Waals surface area contributed by atoms with Gasteiger partial charge in [-0.3, -0.25) is 4.79 Å². The molecular formula is C16H19N3O2. The summed E-state index contributed by atoms with van der Waals surface area (Å²) in [5, 5.41) is 2.94. The van der Waals surface area contributed by atoms with Crippen LogP contribution in [0.2, 0.25) is 0 Å². The van der Waals surface area contributed by atoms with Gasteiger partial charge in [0, 0.05) is 18.4 Å². The van der Waals surface area contributed by atoms with Gasteiger partial charge in [0.1, 0.15) is 0 Å². The molecule has 2 rings (SSSR count). The molecule has 110 valence electrons. The third-order valence-corrected chi connectivity index (χ3v) is 3.16. The highest BCUT2D eigenvalue weighted by molar-refractivity contribution is 5.93. The molecule has 1 amide bonds. The number of rotatable bonds is 6. The molecule has 5 heteroatoms. The van der Waals surface area contributed by atoms with Gasteiger partial charge in [0.05, 0.1) is 12.7 Å². The van der Waals surface area contributed by atoms with E-state index in [0.29, 0.717) is 5.56 Å². The lowest BCUT2D eigenvalue weighted by Crippen LogP contribution is -2.33. The van der Waals surface area contributed by atoms with E-state index in [0.717, 1.165) is 12.8 Å². The van der Waals surface area contributed by atoms with Gasteiger partial charge in [-0.05, 0) is 25.3 Å². The zero-order chi connectivity index (χ0) is 15.1. The Morgan fingerprint density at radius 2 is 1.90 bits per heavy atom. The van der Waals surface area contributed by atoms with Gasteiger partial charge in [0.2, 0.25) is 0 Å². The highest BCUT2D eigenvalue weighted by Crippen LogP contribution is 2.06. The fraction of sp³-hybridized carbons (Fsp3) is 0.312. The van der Waals surface area contributed by atoms with E-state index in [4.69, 9.17) is 4.74 Å². The summed E-state index contributed by atoms with van der Waals surface area (Å²) in [6.45, 7) is 1.99. The van der Waals surface area contributed by atoms with Crippen molar-refractivity contribution in [3.63, 3.8) is 0 Å². The van der Waals surface area contributed by atoms with Gasteiger partial charge < -0.3 is 10.1 Å². The number of nitrogens with one attached hydrogen (secondary N) is 1. The number of nitrogens with zero attached hydrogens (tertiary/aromatic N) is 2. The number of aryl methyl sites for hydroxylation is 1. The van der Waals surface area contributed by atoms with Crippen LogP contribution in [0.5, 0.6) is 6.01 Å². The number of amides is 1. The lowest BCUT2D eigenvalue weighted by Gasteiger charge is -2.13. The largest absolute Gasteiger partial charge is 0.467 e. The Kier molecular flexibility index (Phi) is 5.26. The van der Waals surface area contributed by atoms with E-state index in [2.05, 4.69) is 27.4 Å². The first-order chi connectivity index (χ1) is 10.2. The Morgan fingerprint density at radius 1 is 1.24 bits per heavy atom. The van der Waals surface area contributed by atoms with E-state index in [-0.39, 0.29) is 18.0 Å². The molecule has 0 saturated heterocycles. The first-order valence-electron chi connectivity index (χ1n) is 6.90. The molecule has 21 heavy (non-hydrogen) atoms. The number of hydrogen-bond acceptors (Lipinski definition) is 4. The Bertz CT molecular complexity index is 570. The molecule has 1 aromatic heterocycles. The van der Waals surface area contributed by atoms with E-state index >= 15 is 0 Å². The maximum atomic E-state index is 12.0. The van der Waals surface area contributed by atoms with Crippen molar-refractivity contribution in [2.75, 3.05) is 7.11 Å². The lowest BCUT2D eigenvalue weighted by atomic mass is 10.1. The molecule has 1 atom stereocenters. The van der Waals surface area contributed by atoms with Crippen LogP contribution in [0.3, 0.4) is 0 Å². The molecule has 2 aromatic rings. The minimum atomic E-state index is -0.168. The maximum absolute atomic E-state index is 12.0. The van der Waals surface area contributed by atoms with Crippen LogP contribution in [-0.4, -0.2) is 29.0 Å². The van der Waals surface area contributed by atoms with Crippen molar-refractivity contribution in [3.8, 4) is 6.01 Å².